The van der Waals surface area contributed by atoms with E-state index < -0.39 is 4.33 Å². The first-order valence-corrected chi connectivity index (χ1v) is 4.67. The van der Waals surface area contributed by atoms with E-state index >= 15 is 0 Å². The van der Waals surface area contributed by atoms with Gasteiger partial charge in [0.25, 0.3) is 0 Å². The van der Waals surface area contributed by atoms with Crippen molar-refractivity contribution in [1.82, 2.24) is 0 Å². The summed E-state index contributed by atoms with van der Waals surface area (Å²) >= 11 is 28.3. The molecule has 0 spiro atoms. The minimum atomic E-state index is -1.32. The van der Waals surface area contributed by atoms with Crippen molar-refractivity contribution in [2.24, 2.45) is 0 Å². The fourth-order valence-corrected chi connectivity index (χ4v) is 1.86. The minimum absolute atomic E-state index is 0. The van der Waals surface area contributed by atoms with Gasteiger partial charge in [0.05, 0.1) is 4.33 Å². The van der Waals surface area contributed by atoms with Crippen LogP contribution in [-0.2, 0) is 17.1 Å². The summed E-state index contributed by atoms with van der Waals surface area (Å²) in [6.07, 6.45) is 2.66. The molecule has 0 bridgehead atoms. The van der Waals surface area contributed by atoms with Gasteiger partial charge in [-0.3, -0.25) is 0 Å². The second-order valence-corrected chi connectivity index (χ2v) is 4.29. The molecule has 0 aromatic carbocycles. The fraction of sp³-hybridized carbons (Fsp3) is 0.333. The third kappa shape index (κ3) is 2.48. The van der Waals surface area contributed by atoms with E-state index in [4.69, 9.17) is 58.0 Å². The Morgan fingerprint density at radius 3 is 1.92 bits per heavy atom. The zero-order valence-electron chi connectivity index (χ0n) is 5.45. The van der Waals surface area contributed by atoms with Gasteiger partial charge in [0, 0.05) is 22.9 Å². The molecule has 0 atom stereocenters. The van der Waals surface area contributed by atoms with Gasteiger partial charge in [-0.1, -0.05) is 5.03 Å². The molecule has 0 N–H and O–H groups in total. The maximum Gasteiger partial charge on any atom is 0.0851 e. The molecule has 0 fully saturated rings. The molecule has 70 valence electrons. The summed E-state index contributed by atoms with van der Waals surface area (Å²) in [5.41, 5.74) is 0.545. The van der Waals surface area contributed by atoms with E-state index in [1.54, 1.807) is 0 Å². The summed E-state index contributed by atoms with van der Waals surface area (Å²) in [4.78, 5) is 0. The Morgan fingerprint density at radius 2 is 1.75 bits per heavy atom. The van der Waals surface area contributed by atoms with Crippen LogP contribution in [0.2, 0.25) is 0 Å². The van der Waals surface area contributed by atoms with E-state index in [1.807, 2.05) is 0 Å². The predicted octanol–water partition coefficient (Wildman–Crippen LogP) is 3.83. The Balaban J connectivity index is 0.00000121. The summed E-state index contributed by atoms with van der Waals surface area (Å²) in [7, 11) is 0. The monoisotopic (exact) mass is 305 g/mol. The second-order valence-electron chi connectivity index (χ2n) is 1.94. The topological polar surface area (TPSA) is 0 Å². The normalized spacial score (nSPS) is 20.6. The van der Waals surface area contributed by atoms with Crippen molar-refractivity contribution in [2.45, 2.75) is 4.33 Å². The Kier molecular flexibility index (Phi) is 5.37. The van der Waals surface area contributed by atoms with Gasteiger partial charge in [-0.15, -0.1) is 46.4 Å². The first kappa shape index (κ1) is 13.4. The first-order chi connectivity index (χ1) is 4.99. The molecular formula is C6H2Cl5Fe-. The van der Waals surface area contributed by atoms with Crippen molar-refractivity contribution in [2.75, 3.05) is 5.88 Å². The van der Waals surface area contributed by atoms with Crippen molar-refractivity contribution >= 4 is 58.0 Å². The van der Waals surface area contributed by atoms with Crippen molar-refractivity contribution in [3.8, 4) is 0 Å². The van der Waals surface area contributed by atoms with Crippen molar-refractivity contribution in [3.63, 3.8) is 0 Å². The second kappa shape index (κ2) is 4.79. The number of hydrogen-bond acceptors (Lipinski definition) is 0. The van der Waals surface area contributed by atoms with Gasteiger partial charge in [-0.25, -0.2) is 17.7 Å². The zero-order valence-corrected chi connectivity index (χ0v) is 10.3. The smallest absolute Gasteiger partial charge is 0.0851 e. The molecule has 6 heteroatoms. The number of hydrogen-bond donors (Lipinski definition) is 0. The molecule has 0 heterocycles. The number of halogens is 5. The van der Waals surface area contributed by atoms with Gasteiger partial charge in [-0.05, 0) is 5.03 Å². The van der Waals surface area contributed by atoms with Gasteiger partial charge in [0.1, 0.15) is 0 Å². The summed E-state index contributed by atoms with van der Waals surface area (Å²) in [5.74, 6) is 0.205. The molecule has 0 unspecified atom stereocenters. The molecule has 12 heavy (non-hydrogen) atoms. The maximum atomic E-state index is 5.71. The molecule has 0 aliphatic heterocycles. The average Bonchev–Trinajstić information content (AvgIpc) is 2.13. The Labute approximate surface area is 106 Å². The van der Waals surface area contributed by atoms with Gasteiger partial charge in [0.15, 0.2) is 0 Å². The van der Waals surface area contributed by atoms with Crippen LogP contribution < -0.4 is 0 Å². The summed E-state index contributed by atoms with van der Waals surface area (Å²) < 4.78 is -1.32. The summed E-state index contributed by atoms with van der Waals surface area (Å²) in [5, 5.41) is 0.463. The molecule has 1 aliphatic carbocycles. The van der Waals surface area contributed by atoms with Gasteiger partial charge >= 0.3 is 0 Å². The van der Waals surface area contributed by atoms with Crippen LogP contribution >= 0.6 is 58.0 Å². The maximum absolute atomic E-state index is 5.71. The molecular weight excluding hydrogens is 305 g/mol. The minimum Gasteiger partial charge on any atom is -0.227 e. The largest absolute Gasteiger partial charge is 0.227 e. The molecule has 0 amide bonds. The van der Waals surface area contributed by atoms with Crippen LogP contribution in [0.1, 0.15) is 0 Å². The quantitative estimate of drug-likeness (QED) is 0.392. The van der Waals surface area contributed by atoms with E-state index in [9.17, 15) is 0 Å². The SMILES string of the molecule is ClCC1=[C-]C(Cl)(Cl)C(Cl)=C1Cl.[Fe]. The van der Waals surface area contributed by atoms with E-state index in [2.05, 4.69) is 6.08 Å². The predicted molar refractivity (Wildman–Crippen MR) is 50.6 cm³/mol. The van der Waals surface area contributed by atoms with E-state index in [0.29, 0.717) is 10.6 Å². The van der Waals surface area contributed by atoms with Gasteiger partial charge in [-0.2, -0.15) is 5.57 Å². The van der Waals surface area contributed by atoms with Crippen LogP contribution in [0.4, 0.5) is 0 Å². The Bertz CT molecular complexity index is 242. The first-order valence-electron chi connectivity index (χ1n) is 2.63. The molecule has 0 radical (unpaired) electrons. The van der Waals surface area contributed by atoms with Crippen molar-refractivity contribution in [1.29, 1.82) is 0 Å². The van der Waals surface area contributed by atoms with Crippen LogP contribution in [0, 0.1) is 6.08 Å². The van der Waals surface area contributed by atoms with Crippen LogP contribution in [0.15, 0.2) is 15.6 Å². The Morgan fingerprint density at radius 1 is 1.25 bits per heavy atom. The Hall–Kier alpha value is 1.45. The van der Waals surface area contributed by atoms with E-state index in [1.165, 1.54) is 0 Å². The van der Waals surface area contributed by atoms with Crippen molar-refractivity contribution in [3.05, 3.63) is 21.7 Å². The molecule has 0 saturated heterocycles. The van der Waals surface area contributed by atoms with E-state index in [-0.39, 0.29) is 28.0 Å². The number of rotatable bonds is 1. The molecule has 0 nitrogen and oxygen atoms in total. The van der Waals surface area contributed by atoms with Crippen LogP contribution in [-0.4, -0.2) is 10.2 Å². The van der Waals surface area contributed by atoms with Gasteiger partial charge in [0.2, 0.25) is 0 Å². The average molecular weight is 307 g/mol. The van der Waals surface area contributed by atoms with Crippen LogP contribution in [0.3, 0.4) is 0 Å². The standard InChI is InChI=1S/C6H2Cl5.Fe/c7-2-3-1-6(10,11)5(9)4(3)8;/h2H2;/q-1;. The molecule has 0 saturated carbocycles. The van der Waals surface area contributed by atoms with Crippen LogP contribution in [0.5, 0.6) is 0 Å². The van der Waals surface area contributed by atoms with Crippen LogP contribution in [0.25, 0.3) is 0 Å². The molecule has 1 aliphatic rings. The van der Waals surface area contributed by atoms with E-state index in [0.717, 1.165) is 0 Å². The summed E-state index contributed by atoms with van der Waals surface area (Å²) in [6, 6.07) is 0. The summed E-state index contributed by atoms with van der Waals surface area (Å²) in [6.45, 7) is 0. The number of allylic oxidation sites excluding steroid dienone is 4. The molecule has 0 aromatic heterocycles. The van der Waals surface area contributed by atoms with Crippen molar-refractivity contribution < 1.29 is 17.1 Å². The third-order valence-corrected chi connectivity index (χ3v) is 3.19. The molecule has 0 aromatic rings. The fourth-order valence-electron chi connectivity index (χ4n) is 0.662. The third-order valence-electron chi connectivity index (χ3n) is 1.17. The zero-order chi connectivity index (χ0) is 8.65. The number of alkyl halides is 3. The molecule has 1 rings (SSSR count). The van der Waals surface area contributed by atoms with Gasteiger partial charge < -0.3 is 0 Å².